The van der Waals surface area contributed by atoms with Crippen LogP contribution in [0.15, 0.2) is 18.2 Å². The number of fused-ring (bicyclic) bond motifs is 3. The largest absolute Gasteiger partial charge is 0.491 e. The van der Waals surface area contributed by atoms with Crippen LogP contribution in [0.5, 0.6) is 5.75 Å². The van der Waals surface area contributed by atoms with Gasteiger partial charge in [0.2, 0.25) is 5.65 Å². The van der Waals surface area contributed by atoms with Crippen molar-refractivity contribution in [2.24, 2.45) is 0 Å². The van der Waals surface area contributed by atoms with E-state index in [4.69, 9.17) is 14.8 Å². The second-order valence-electron chi connectivity index (χ2n) is 6.55. The van der Waals surface area contributed by atoms with Crippen molar-refractivity contribution in [3.8, 4) is 5.75 Å². The lowest BCUT2D eigenvalue weighted by Crippen LogP contribution is -2.22. The summed E-state index contributed by atoms with van der Waals surface area (Å²) in [6.07, 6.45) is 0.621. The van der Waals surface area contributed by atoms with Gasteiger partial charge in [0.05, 0.1) is 17.1 Å². The predicted molar refractivity (Wildman–Crippen MR) is 103 cm³/mol. The molecule has 0 spiro atoms. The van der Waals surface area contributed by atoms with Gasteiger partial charge in [0.15, 0.2) is 5.82 Å². The van der Waals surface area contributed by atoms with Crippen LogP contribution in [0.4, 0.5) is 10.6 Å². The van der Waals surface area contributed by atoms with Crippen LogP contribution in [0.3, 0.4) is 0 Å². The molecule has 0 unspecified atom stereocenters. The quantitative estimate of drug-likeness (QED) is 0.521. The maximum Gasteiger partial charge on any atom is 0.404 e. The lowest BCUT2D eigenvalue weighted by molar-refractivity contribution is 0.194. The molecule has 1 aromatic carbocycles. The van der Waals surface area contributed by atoms with Crippen LogP contribution in [0.1, 0.15) is 32.5 Å². The Morgan fingerprint density at radius 1 is 1.26 bits per heavy atom. The highest BCUT2D eigenvalue weighted by Gasteiger charge is 2.13. The topological polar surface area (TPSA) is 114 Å². The zero-order valence-electron chi connectivity index (χ0n) is 15.7. The molecule has 9 heteroatoms. The fourth-order valence-corrected chi connectivity index (χ4v) is 2.87. The molecule has 0 bridgehead atoms. The third kappa shape index (κ3) is 4.36. The summed E-state index contributed by atoms with van der Waals surface area (Å²) in [6, 6.07) is 5.80. The van der Waals surface area contributed by atoms with Crippen molar-refractivity contribution in [2.45, 2.75) is 39.7 Å². The van der Waals surface area contributed by atoms with Crippen molar-refractivity contribution in [3.63, 3.8) is 0 Å². The average molecular weight is 372 g/mol. The third-order valence-electron chi connectivity index (χ3n) is 4.00. The fourth-order valence-electron chi connectivity index (χ4n) is 2.87. The number of amides is 1. The lowest BCUT2D eigenvalue weighted by Gasteiger charge is -2.13. The van der Waals surface area contributed by atoms with Crippen LogP contribution in [0.25, 0.3) is 16.7 Å². The van der Waals surface area contributed by atoms with Gasteiger partial charge in [0.25, 0.3) is 0 Å². The number of carbonyl (C=O) groups is 1. The molecule has 0 atom stereocenters. The van der Waals surface area contributed by atoms with Crippen molar-refractivity contribution < 1.29 is 14.6 Å². The predicted octanol–water partition coefficient (Wildman–Crippen LogP) is 2.83. The van der Waals surface area contributed by atoms with E-state index >= 15 is 0 Å². The van der Waals surface area contributed by atoms with Gasteiger partial charge in [-0.2, -0.15) is 0 Å². The number of rotatable bonds is 8. The van der Waals surface area contributed by atoms with E-state index in [1.165, 1.54) is 0 Å². The summed E-state index contributed by atoms with van der Waals surface area (Å²) in [4.78, 5) is 15.2. The first kappa shape index (κ1) is 18.7. The fraction of sp³-hybridized carbons (Fsp3) is 0.444. The van der Waals surface area contributed by atoms with E-state index in [1.807, 2.05) is 43.4 Å². The second-order valence-corrected chi connectivity index (χ2v) is 6.55. The van der Waals surface area contributed by atoms with Gasteiger partial charge >= 0.3 is 6.09 Å². The number of hydrogen-bond donors (Lipinski definition) is 3. The number of nitrogens with one attached hydrogen (secondary N) is 2. The van der Waals surface area contributed by atoms with E-state index in [0.29, 0.717) is 24.6 Å². The van der Waals surface area contributed by atoms with Gasteiger partial charge in [-0.25, -0.2) is 9.78 Å². The molecule has 1 amide bonds. The summed E-state index contributed by atoms with van der Waals surface area (Å²) < 4.78 is 7.74. The number of hydrogen-bond acceptors (Lipinski definition) is 6. The first-order chi connectivity index (χ1) is 13.0. The number of anilines is 1. The Hall–Kier alpha value is -3.10. The number of benzene rings is 1. The molecule has 144 valence electrons. The van der Waals surface area contributed by atoms with E-state index in [9.17, 15) is 4.79 Å². The Morgan fingerprint density at radius 2 is 2.04 bits per heavy atom. The molecule has 0 radical (unpaired) electrons. The summed E-state index contributed by atoms with van der Waals surface area (Å²) >= 11 is 0. The van der Waals surface area contributed by atoms with Crippen molar-refractivity contribution in [1.29, 1.82) is 0 Å². The lowest BCUT2D eigenvalue weighted by atomic mass is 10.2. The van der Waals surface area contributed by atoms with E-state index in [-0.39, 0.29) is 6.10 Å². The Kier molecular flexibility index (Phi) is 5.58. The summed E-state index contributed by atoms with van der Waals surface area (Å²) in [6.45, 7) is 6.95. The van der Waals surface area contributed by atoms with Crippen LogP contribution in [-0.4, -0.2) is 50.0 Å². The standard InChI is InChI=1S/C18H24N6O3/c1-11(2)27-13-6-7-15-14(10-13)21-16(17-23-22-12(3)24(15)17)19-8-4-5-9-20-18(25)26/h6-7,10-11,20H,4-5,8-9H2,1-3H3,(H,19,21)(H,25,26). The molecule has 0 aliphatic carbocycles. The molecule has 0 aliphatic rings. The highest BCUT2D eigenvalue weighted by molar-refractivity contribution is 5.84. The van der Waals surface area contributed by atoms with Crippen molar-refractivity contribution in [1.82, 2.24) is 24.9 Å². The van der Waals surface area contributed by atoms with Crippen molar-refractivity contribution in [3.05, 3.63) is 24.0 Å². The molecule has 3 aromatic rings. The van der Waals surface area contributed by atoms with E-state index in [0.717, 1.165) is 35.4 Å². The minimum atomic E-state index is -1.00. The number of aryl methyl sites for hydroxylation is 1. The number of nitrogens with zero attached hydrogens (tertiary/aromatic N) is 4. The van der Waals surface area contributed by atoms with Gasteiger partial charge in [-0.1, -0.05) is 0 Å². The summed E-state index contributed by atoms with van der Waals surface area (Å²) in [5.41, 5.74) is 2.37. The van der Waals surface area contributed by atoms with Crippen molar-refractivity contribution in [2.75, 3.05) is 18.4 Å². The Morgan fingerprint density at radius 3 is 2.78 bits per heavy atom. The zero-order chi connectivity index (χ0) is 19.4. The maximum atomic E-state index is 10.5. The molecule has 3 rings (SSSR count). The van der Waals surface area contributed by atoms with Crippen LogP contribution in [-0.2, 0) is 0 Å². The van der Waals surface area contributed by atoms with Gasteiger partial charge in [0.1, 0.15) is 11.6 Å². The number of unbranched alkanes of at least 4 members (excludes halogenated alkanes) is 1. The number of ether oxygens (including phenoxy) is 1. The first-order valence-corrected chi connectivity index (χ1v) is 8.98. The monoisotopic (exact) mass is 372 g/mol. The molecule has 27 heavy (non-hydrogen) atoms. The summed E-state index contributed by atoms with van der Waals surface area (Å²) in [7, 11) is 0. The minimum Gasteiger partial charge on any atom is -0.491 e. The van der Waals surface area contributed by atoms with E-state index < -0.39 is 6.09 Å². The highest BCUT2D eigenvalue weighted by Crippen LogP contribution is 2.25. The normalized spacial score (nSPS) is 11.3. The van der Waals surface area contributed by atoms with Gasteiger partial charge < -0.3 is 20.5 Å². The Balaban J connectivity index is 1.83. The molecule has 2 heterocycles. The molecule has 0 aliphatic heterocycles. The minimum absolute atomic E-state index is 0.0832. The summed E-state index contributed by atoms with van der Waals surface area (Å²) in [5.74, 6) is 2.19. The van der Waals surface area contributed by atoms with Gasteiger partial charge in [0, 0.05) is 19.2 Å². The smallest absolute Gasteiger partial charge is 0.404 e. The van der Waals surface area contributed by atoms with E-state index in [2.05, 4.69) is 20.8 Å². The van der Waals surface area contributed by atoms with Gasteiger partial charge in [-0.15, -0.1) is 10.2 Å². The Bertz CT molecular complexity index is 953. The molecule has 0 fully saturated rings. The van der Waals surface area contributed by atoms with Crippen LogP contribution in [0.2, 0.25) is 0 Å². The molecular formula is C18H24N6O3. The highest BCUT2D eigenvalue weighted by atomic mass is 16.5. The molecule has 2 aromatic heterocycles. The van der Waals surface area contributed by atoms with Gasteiger partial charge in [-0.3, -0.25) is 4.40 Å². The first-order valence-electron chi connectivity index (χ1n) is 8.98. The molecular weight excluding hydrogens is 348 g/mol. The maximum absolute atomic E-state index is 10.5. The van der Waals surface area contributed by atoms with Crippen LogP contribution in [0, 0.1) is 6.92 Å². The second kappa shape index (κ2) is 8.07. The van der Waals surface area contributed by atoms with Crippen LogP contribution >= 0.6 is 0 Å². The van der Waals surface area contributed by atoms with Crippen molar-refractivity contribution >= 4 is 28.6 Å². The average Bonchev–Trinajstić information content (AvgIpc) is 2.99. The molecule has 0 saturated heterocycles. The van der Waals surface area contributed by atoms with Gasteiger partial charge in [-0.05, 0) is 45.7 Å². The zero-order valence-corrected chi connectivity index (χ0v) is 15.7. The van der Waals surface area contributed by atoms with Crippen LogP contribution < -0.4 is 15.4 Å². The Labute approximate surface area is 156 Å². The molecule has 3 N–H and O–H groups in total. The molecule has 9 nitrogen and oxygen atoms in total. The summed E-state index contributed by atoms with van der Waals surface area (Å²) in [5, 5.41) is 22.7. The molecule has 0 saturated carbocycles. The SMILES string of the molecule is Cc1nnc2c(NCCCCNC(=O)O)nc3cc(OC(C)C)ccc3n12. The number of aromatic nitrogens is 4. The van der Waals surface area contributed by atoms with E-state index in [1.54, 1.807) is 0 Å². The number of carboxylic acid groups (broad SMARTS) is 1. The third-order valence-corrected chi connectivity index (χ3v) is 4.00.